The Kier molecular flexibility index (Phi) is 2.03. The van der Waals surface area contributed by atoms with Gasteiger partial charge in [-0.1, -0.05) is 0 Å². The monoisotopic (exact) mass is 199 g/mol. The lowest BCUT2D eigenvalue weighted by Crippen LogP contribution is -1.89. The maximum Gasteiger partial charge on any atom is 0.270 e. The molecule has 0 radical (unpaired) electrons. The summed E-state index contributed by atoms with van der Waals surface area (Å²) >= 11 is 0. The molecular weight excluding hydrogens is 194 g/mol. The zero-order chi connectivity index (χ0) is 10.8. The minimum atomic E-state index is -0.492. The van der Waals surface area contributed by atoms with E-state index in [1.165, 1.54) is 30.5 Å². The predicted octanol–water partition coefficient (Wildman–Crippen LogP) is 2.01. The molecule has 1 aromatic carbocycles. The summed E-state index contributed by atoms with van der Waals surface area (Å²) in [4.78, 5) is 14.1. The minimum Gasteiger partial charge on any atom is -0.258 e. The number of nitrogens with zero attached hydrogens (tertiary/aromatic N) is 3. The van der Waals surface area contributed by atoms with Gasteiger partial charge >= 0.3 is 0 Å². The van der Waals surface area contributed by atoms with Gasteiger partial charge in [-0.15, -0.1) is 0 Å². The number of non-ortho nitro benzene ring substituents is 1. The highest BCUT2D eigenvalue weighted by molar-refractivity contribution is 5.86. The number of benzene rings is 1. The SMILES string of the molecule is N#Cc1ccnc2ccc([N+](=O)[O-])cc12. The van der Waals surface area contributed by atoms with Crippen LogP contribution in [0.25, 0.3) is 10.9 Å². The van der Waals surface area contributed by atoms with E-state index in [9.17, 15) is 10.1 Å². The quantitative estimate of drug-likeness (QED) is 0.519. The molecule has 0 aliphatic heterocycles. The minimum absolute atomic E-state index is 0.0352. The molecule has 72 valence electrons. The van der Waals surface area contributed by atoms with E-state index < -0.39 is 4.92 Å². The summed E-state index contributed by atoms with van der Waals surface area (Å²) < 4.78 is 0. The van der Waals surface area contributed by atoms with Crippen molar-refractivity contribution in [1.82, 2.24) is 4.98 Å². The van der Waals surface area contributed by atoms with Crippen molar-refractivity contribution in [2.75, 3.05) is 0 Å². The highest BCUT2D eigenvalue weighted by Crippen LogP contribution is 2.21. The third-order valence-electron chi connectivity index (χ3n) is 2.06. The Morgan fingerprint density at radius 2 is 2.20 bits per heavy atom. The van der Waals surface area contributed by atoms with Crippen molar-refractivity contribution in [3.8, 4) is 6.07 Å². The first kappa shape index (κ1) is 9.09. The molecule has 0 saturated carbocycles. The molecule has 2 rings (SSSR count). The van der Waals surface area contributed by atoms with Gasteiger partial charge in [-0.2, -0.15) is 5.26 Å². The van der Waals surface area contributed by atoms with E-state index in [0.717, 1.165) is 0 Å². The summed E-state index contributed by atoms with van der Waals surface area (Å²) in [7, 11) is 0. The summed E-state index contributed by atoms with van der Waals surface area (Å²) in [6.07, 6.45) is 1.51. The van der Waals surface area contributed by atoms with Gasteiger partial charge in [-0.25, -0.2) is 0 Å². The molecule has 1 aromatic heterocycles. The van der Waals surface area contributed by atoms with Crippen molar-refractivity contribution in [1.29, 1.82) is 5.26 Å². The van der Waals surface area contributed by atoms with Crippen LogP contribution in [0.1, 0.15) is 5.56 Å². The number of hydrogen-bond donors (Lipinski definition) is 0. The first-order valence-electron chi connectivity index (χ1n) is 4.15. The molecule has 0 unspecified atom stereocenters. The second kappa shape index (κ2) is 3.35. The van der Waals surface area contributed by atoms with Gasteiger partial charge in [0.05, 0.1) is 22.1 Å². The maximum absolute atomic E-state index is 10.5. The van der Waals surface area contributed by atoms with Gasteiger partial charge in [0.1, 0.15) is 0 Å². The smallest absolute Gasteiger partial charge is 0.258 e. The van der Waals surface area contributed by atoms with Crippen molar-refractivity contribution in [3.63, 3.8) is 0 Å². The van der Waals surface area contributed by atoms with Crippen molar-refractivity contribution >= 4 is 16.6 Å². The van der Waals surface area contributed by atoms with Gasteiger partial charge < -0.3 is 0 Å². The molecule has 5 heteroatoms. The molecule has 2 aromatic rings. The average Bonchev–Trinajstić information content (AvgIpc) is 2.27. The summed E-state index contributed by atoms with van der Waals surface area (Å²) in [6.45, 7) is 0. The van der Waals surface area contributed by atoms with E-state index in [0.29, 0.717) is 16.5 Å². The largest absolute Gasteiger partial charge is 0.270 e. The normalized spacial score (nSPS) is 9.80. The highest BCUT2D eigenvalue weighted by Gasteiger charge is 2.08. The van der Waals surface area contributed by atoms with Gasteiger partial charge in [0.2, 0.25) is 0 Å². The van der Waals surface area contributed by atoms with Crippen molar-refractivity contribution in [3.05, 3.63) is 46.1 Å². The van der Waals surface area contributed by atoms with Gasteiger partial charge in [0.25, 0.3) is 5.69 Å². The molecule has 0 saturated heterocycles. The Labute approximate surface area is 84.7 Å². The van der Waals surface area contributed by atoms with Gasteiger partial charge in [-0.05, 0) is 12.1 Å². The fraction of sp³-hybridized carbons (Fsp3) is 0. The molecule has 5 nitrogen and oxygen atoms in total. The number of fused-ring (bicyclic) bond motifs is 1. The van der Waals surface area contributed by atoms with Crippen LogP contribution in [0.3, 0.4) is 0 Å². The van der Waals surface area contributed by atoms with Crippen LogP contribution >= 0.6 is 0 Å². The standard InChI is InChI=1S/C10H5N3O2/c11-6-7-3-4-12-10-2-1-8(13(14)15)5-9(7)10/h1-5H. The lowest BCUT2D eigenvalue weighted by atomic mass is 10.1. The zero-order valence-corrected chi connectivity index (χ0v) is 7.54. The Morgan fingerprint density at radius 1 is 1.40 bits per heavy atom. The highest BCUT2D eigenvalue weighted by atomic mass is 16.6. The third kappa shape index (κ3) is 1.48. The fourth-order valence-electron chi connectivity index (χ4n) is 1.35. The van der Waals surface area contributed by atoms with Crippen LogP contribution in [0.5, 0.6) is 0 Å². The van der Waals surface area contributed by atoms with E-state index in [-0.39, 0.29) is 5.69 Å². The second-order valence-electron chi connectivity index (χ2n) is 2.93. The van der Waals surface area contributed by atoms with Crippen LogP contribution in [0.2, 0.25) is 0 Å². The number of rotatable bonds is 1. The fourth-order valence-corrected chi connectivity index (χ4v) is 1.35. The molecule has 0 aliphatic rings. The Hall–Kier alpha value is -2.48. The van der Waals surface area contributed by atoms with Gasteiger partial charge in [0.15, 0.2) is 0 Å². The predicted molar refractivity (Wildman–Crippen MR) is 53.1 cm³/mol. The molecule has 0 atom stereocenters. The topological polar surface area (TPSA) is 79.8 Å². The number of hydrogen-bond acceptors (Lipinski definition) is 4. The number of aromatic nitrogens is 1. The number of nitro groups is 1. The van der Waals surface area contributed by atoms with Gasteiger partial charge in [-0.3, -0.25) is 15.1 Å². The molecule has 0 amide bonds. The summed E-state index contributed by atoms with van der Waals surface area (Å²) in [5, 5.41) is 19.9. The van der Waals surface area contributed by atoms with Crippen molar-refractivity contribution in [2.24, 2.45) is 0 Å². The summed E-state index contributed by atoms with van der Waals surface area (Å²) in [5.41, 5.74) is 0.940. The average molecular weight is 199 g/mol. The molecule has 0 spiro atoms. The summed E-state index contributed by atoms with van der Waals surface area (Å²) in [6, 6.07) is 7.78. The molecule has 0 N–H and O–H groups in total. The van der Waals surface area contributed by atoms with E-state index in [1.807, 2.05) is 6.07 Å². The van der Waals surface area contributed by atoms with Crippen LogP contribution in [-0.2, 0) is 0 Å². The van der Waals surface area contributed by atoms with Crippen LogP contribution in [0.15, 0.2) is 30.5 Å². The first-order valence-corrected chi connectivity index (χ1v) is 4.15. The van der Waals surface area contributed by atoms with E-state index >= 15 is 0 Å². The van der Waals surface area contributed by atoms with Crippen molar-refractivity contribution < 1.29 is 4.92 Å². The zero-order valence-electron chi connectivity index (χ0n) is 7.54. The Morgan fingerprint density at radius 3 is 2.87 bits per heavy atom. The maximum atomic E-state index is 10.5. The van der Waals surface area contributed by atoms with Gasteiger partial charge in [0, 0.05) is 23.7 Å². The Balaban J connectivity index is 2.80. The van der Waals surface area contributed by atoms with Crippen LogP contribution in [0, 0.1) is 21.4 Å². The number of nitro benzene ring substituents is 1. The lowest BCUT2D eigenvalue weighted by molar-refractivity contribution is -0.384. The lowest BCUT2D eigenvalue weighted by Gasteiger charge is -1.98. The molecular formula is C10H5N3O2. The Bertz CT molecular complexity index is 587. The van der Waals surface area contributed by atoms with E-state index in [2.05, 4.69) is 4.98 Å². The summed E-state index contributed by atoms with van der Waals surface area (Å²) in [5.74, 6) is 0. The molecule has 0 aliphatic carbocycles. The van der Waals surface area contributed by atoms with E-state index in [4.69, 9.17) is 5.26 Å². The molecule has 1 heterocycles. The second-order valence-corrected chi connectivity index (χ2v) is 2.93. The van der Waals surface area contributed by atoms with E-state index in [1.54, 1.807) is 0 Å². The molecule has 0 fully saturated rings. The third-order valence-corrected chi connectivity index (χ3v) is 2.06. The number of pyridine rings is 1. The molecule has 15 heavy (non-hydrogen) atoms. The first-order chi connectivity index (χ1) is 7.22. The van der Waals surface area contributed by atoms with Crippen molar-refractivity contribution in [2.45, 2.75) is 0 Å². The molecule has 0 bridgehead atoms. The van der Waals surface area contributed by atoms with Crippen LogP contribution in [0.4, 0.5) is 5.69 Å². The van der Waals surface area contributed by atoms with Crippen LogP contribution < -0.4 is 0 Å². The van der Waals surface area contributed by atoms with Crippen LogP contribution in [-0.4, -0.2) is 9.91 Å². The number of nitriles is 1.